The number of ether oxygens (including phenoxy) is 2. The zero-order chi connectivity index (χ0) is 18.8. The van der Waals surface area contributed by atoms with Crippen LogP contribution in [0.3, 0.4) is 0 Å². The predicted octanol–water partition coefficient (Wildman–Crippen LogP) is 4.20. The van der Waals surface area contributed by atoms with E-state index in [1.807, 2.05) is 60.3 Å². The molecule has 7 heteroatoms. The summed E-state index contributed by atoms with van der Waals surface area (Å²) >= 11 is 1.50. The third-order valence-electron chi connectivity index (χ3n) is 4.16. The lowest BCUT2D eigenvalue weighted by Gasteiger charge is -2.12. The van der Waals surface area contributed by atoms with E-state index in [0.717, 1.165) is 26.6 Å². The molecule has 0 atom stereocenters. The molecule has 2 heterocycles. The van der Waals surface area contributed by atoms with Crippen LogP contribution in [0.4, 0.5) is 0 Å². The highest BCUT2D eigenvalue weighted by atomic mass is 32.2. The van der Waals surface area contributed by atoms with Gasteiger partial charge in [-0.25, -0.2) is 15.0 Å². The smallest absolute Gasteiger partial charge is 0.174 e. The summed E-state index contributed by atoms with van der Waals surface area (Å²) in [6.45, 7) is 0. The van der Waals surface area contributed by atoms with Crippen LogP contribution >= 0.6 is 11.8 Å². The van der Waals surface area contributed by atoms with E-state index < -0.39 is 0 Å². The van der Waals surface area contributed by atoms with Gasteiger partial charge in [0.2, 0.25) is 0 Å². The van der Waals surface area contributed by atoms with Crippen molar-refractivity contribution in [1.29, 1.82) is 0 Å². The number of fused-ring (bicyclic) bond motifs is 1. The van der Waals surface area contributed by atoms with Crippen molar-refractivity contribution in [3.8, 4) is 22.9 Å². The molecule has 0 fully saturated rings. The first-order valence-electron chi connectivity index (χ1n) is 8.34. The summed E-state index contributed by atoms with van der Waals surface area (Å²) in [5.74, 6) is 1.94. The van der Waals surface area contributed by atoms with Crippen LogP contribution in [0, 0.1) is 0 Å². The fourth-order valence-corrected chi connectivity index (χ4v) is 3.66. The minimum absolute atomic E-state index is 0.635. The molecule has 4 aromatic rings. The molecule has 2 aromatic carbocycles. The molecule has 0 spiro atoms. The summed E-state index contributed by atoms with van der Waals surface area (Å²) in [6, 6.07) is 13.7. The maximum Gasteiger partial charge on any atom is 0.174 e. The molecule has 6 nitrogen and oxygen atoms in total. The van der Waals surface area contributed by atoms with Crippen molar-refractivity contribution in [1.82, 2.24) is 19.5 Å². The molecule has 0 bridgehead atoms. The predicted molar refractivity (Wildman–Crippen MR) is 105 cm³/mol. The number of hydrogen-bond donors (Lipinski definition) is 0. The Hall–Kier alpha value is -3.06. The minimum atomic E-state index is 0.635. The number of nitrogens with zero attached hydrogens (tertiary/aromatic N) is 4. The molecule has 0 N–H and O–H groups in total. The second-order valence-corrected chi connectivity index (χ2v) is 6.82. The van der Waals surface area contributed by atoms with Gasteiger partial charge in [0.05, 0.1) is 19.7 Å². The lowest BCUT2D eigenvalue weighted by Crippen LogP contribution is -1.98. The van der Waals surface area contributed by atoms with Gasteiger partial charge in [0, 0.05) is 36.5 Å². The van der Waals surface area contributed by atoms with Crippen LogP contribution in [-0.2, 0) is 7.05 Å². The molecule has 136 valence electrons. The molecule has 0 aliphatic rings. The van der Waals surface area contributed by atoms with Crippen molar-refractivity contribution < 1.29 is 9.47 Å². The van der Waals surface area contributed by atoms with Crippen LogP contribution in [0.1, 0.15) is 0 Å². The van der Waals surface area contributed by atoms with Crippen LogP contribution in [0.15, 0.2) is 65.0 Å². The zero-order valence-corrected chi connectivity index (χ0v) is 16.0. The third kappa shape index (κ3) is 3.33. The standard InChI is InChI=1S/C20H18N4O2S/c1-24-10-9-21-20(24)27-19-14-11-16(25-2)17(26-3)12-15(14)22-18(23-19)13-7-5-4-6-8-13/h4-12H,1-3H3. The topological polar surface area (TPSA) is 62.1 Å². The summed E-state index contributed by atoms with van der Waals surface area (Å²) in [5.41, 5.74) is 1.74. The Morgan fingerprint density at radius 3 is 2.37 bits per heavy atom. The Bertz CT molecular complexity index is 1100. The molecule has 0 aliphatic heterocycles. The molecule has 0 amide bonds. The fourth-order valence-electron chi connectivity index (χ4n) is 2.76. The Labute approximate surface area is 161 Å². The second kappa shape index (κ2) is 7.28. The van der Waals surface area contributed by atoms with E-state index in [1.165, 1.54) is 11.8 Å². The quantitative estimate of drug-likeness (QED) is 0.485. The van der Waals surface area contributed by atoms with Gasteiger partial charge in [-0.2, -0.15) is 0 Å². The maximum absolute atomic E-state index is 5.46. The SMILES string of the molecule is COc1cc2nc(-c3ccccc3)nc(Sc3nccn3C)c2cc1OC. The van der Waals surface area contributed by atoms with E-state index >= 15 is 0 Å². The highest BCUT2D eigenvalue weighted by Gasteiger charge is 2.16. The maximum atomic E-state index is 5.46. The first kappa shape index (κ1) is 17.4. The fraction of sp³-hybridized carbons (Fsp3) is 0.150. The number of imidazole rings is 1. The average Bonchev–Trinajstić information content (AvgIpc) is 3.12. The average molecular weight is 378 g/mol. The van der Waals surface area contributed by atoms with E-state index in [1.54, 1.807) is 20.4 Å². The highest BCUT2D eigenvalue weighted by Crippen LogP contribution is 2.38. The van der Waals surface area contributed by atoms with Gasteiger partial charge < -0.3 is 14.0 Å². The van der Waals surface area contributed by atoms with E-state index in [-0.39, 0.29) is 0 Å². The number of hydrogen-bond acceptors (Lipinski definition) is 6. The van der Waals surface area contributed by atoms with E-state index in [4.69, 9.17) is 19.4 Å². The third-order valence-corrected chi connectivity index (χ3v) is 5.24. The number of aryl methyl sites for hydroxylation is 1. The van der Waals surface area contributed by atoms with Gasteiger partial charge in [0.25, 0.3) is 0 Å². The largest absolute Gasteiger partial charge is 0.493 e. The van der Waals surface area contributed by atoms with Gasteiger partial charge in [-0.3, -0.25) is 0 Å². The lowest BCUT2D eigenvalue weighted by atomic mass is 10.2. The van der Waals surface area contributed by atoms with Gasteiger partial charge in [-0.15, -0.1) is 0 Å². The van der Waals surface area contributed by atoms with Crippen molar-refractivity contribution in [3.05, 3.63) is 54.9 Å². The normalized spacial score (nSPS) is 10.9. The monoisotopic (exact) mass is 378 g/mol. The van der Waals surface area contributed by atoms with Gasteiger partial charge in [-0.05, 0) is 17.8 Å². The summed E-state index contributed by atoms with van der Waals surface area (Å²) in [4.78, 5) is 14.0. The molecule has 4 rings (SSSR count). The Kier molecular flexibility index (Phi) is 4.68. The molecular weight excluding hydrogens is 360 g/mol. The van der Waals surface area contributed by atoms with Crippen LogP contribution in [0.2, 0.25) is 0 Å². The van der Waals surface area contributed by atoms with Gasteiger partial charge >= 0.3 is 0 Å². The highest BCUT2D eigenvalue weighted by molar-refractivity contribution is 7.99. The number of benzene rings is 2. The van der Waals surface area contributed by atoms with Crippen LogP contribution in [0.25, 0.3) is 22.3 Å². The first-order chi connectivity index (χ1) is 13.2. The molecular formula is C20H18N4O2S. The Morgan fingerprint density at radius 2 is 1.70 bits per heavy atom. The Morgan fingerprint density at radius 1 is 0.963 bits per heavy atom. The second-order valence-electron chi connectivity index (χ2n) is 5.87. The summed E-state index contributed by atoms with van der Waals surface area (Å²) in [7, 11) is 5.20. The van der Waals surface area contributed by atoms with Crippen LogP contribution in [-0.4, -0.2) is 33.7 Å². The van der Waals surface area contributed by atoms with Gasteiger partial charge in [0.15, 0.2) is 22.5 Å². The van der Waals surface area contributed by atoms with Gasteiger partial charge in [0.1, 0.15) is 5.03 Å². The van der Waals surface area contributed by atoms with E-state index in [9.17, 15) is 0 Å². The molecule has 0 aliphatic carbocycles. The molecule has 27 heavy (non-hydrogen) atoms. The van der Waals surface area contributed by atoms with E-state index in [2.05, 4.69) is 4.98 Å². The van der Waals surface area contributed by atoms with Crippen molar-refractivity contribution >= 4 is 22.7 Å². The van der Waals surface area contributed by atoms with Gasteiger partial charge in [-0.1, -0.05) is 30.3 Å². The van der Waals surface area contributed by atoms with Crippen molar-refractivity contribution in [2.24, 2.45) is 7.05 Å². The number of methoxy groups -OCH3 is 2. The molecule has 0 saturated heterocycles. The molecule has 0 unspecified atom stereocenters. The number of rotatable bonds is 5. The Balaban J connectivity index is 1.95. The number of aromatic nitrogens is 4. The van der Waals surface area contributed by atoms with Crippen molar-refractivity contribution in [2.45, 2.75) is 10.2 Å². The van der Waals surface area contributed by atoms with Crippen LogP contribution in [0.5, 0.6) is 11.5 Å². The van der Waals surface area contributed by atoms with Crippen molar-refractivity contribution in [3.63, 3.8) is 0 Å². The zero-order valence-electron chi connectivity index (χ0n) is 15.2. The minimum Gasteiger partial charge on any atom is -0.493 e. The van der Waals surface area contributed by atoms with Crippen LogP contribution < -0.4 is 9.47 Å². The van der Waals surface area contributed by atoms with E-state index in [0.29, 0.717) is 17.3 Å². The summed E-state index contributed by atoms with van der Waals surface area (Å²) in [5, 5.41) is 2.55. The molecule has 0 radical (unpaired) electrons. The summed E-state index contributed by atoms with van der Waals surface area (Å²) < 4.78 is 12.9. The first-order valence-corrected chi connectivity index (χ1v) is 9.15. The lowest BCUT2D eigenvalue weighted by molar-refractivity contribution is 0.355. The summed E-state index contributed by atoms with van der Waals surface area (Å²) in [6.07, 6.45) is 3.68. The molecule has 2 aromatic heterocycles. The molecule has 0 saturated carbocycles. The van der Waals surface area contributed by atoms with Crippen molar-refractivity contribution in [2.75, 3.05) is 14.2 Å².